The lowest BCUT2D eigenvalue weighted by atomic mass is 10.1. The van der Waals surface area contributed by atoms with Crippen molar-refractivity contribution in [3.8, 4) is 11.7 Å². The van der Waals surface area contributed by atoms with E-state index in [1.54, 1.807) is 25.6 Å². The quantitative estimate of drug-likeness (QED) is 0.726. The Labute approximate surface area is 134 Å². The van der Waals surface area contributed by atoms with Crippen LogP contribution in [0, 0.1) is 5.82 Å². The number of fused-ring (bicyclic) bond motifs is 1. The minimum Gasteiger partial charge on any atom is -0.496 e. The molecule has 0 saturated heterocycles. The van der Waals surface area contributed by atoms with E-state index in [9.17, 15) is 4.39 Å². The van der Waals surface area contributed by atoms with Gasteiger partial charge in [0, 0.05) is 36.6 Å². The minimum absolute atomic E-state index is 0.344. The molecule has 0 bridgehead atoms. The Balaban J connectivity index is 2.22. The molecule has 6 heteroatoms. The van der Waals surface area contributed by atoms with Gasteiger partial charge in [-0.2, -0.15) is 0 Å². The summed E-state index contributed by atoms with van der Waals surface area (Å²) in [4.78, 5) is 10.7. The van der Waals surface area contributed by atoms with Gasteiger partial charge in [-0.3, -0.25) is 4.57 Å². The van der Waals surface area contributed by atoms with Crippen LogP contribution in [0.5, 0.6) is 5.75 Å². The Bertz CT molecular complexity index is 814. The zero-order valence-electron chi connectivity index (χ0n) is 13.5. The number of hydrogen-bond acceptors (Lipinski definition) is 4. The largest absolute Gasteiger partial charge is 0.496 e. The zero-order chi connectivity index (χ0) is 16.4. The van der Waals surface area contributed by atoms with Crippen molar-refractivity contribution in [3.05, 3.63) is 48.2 Å². The third-order valence-corrected chi connectivity index (χ3v) is 3.73. The second-order valence-corrected chi connectivity index (χ2v) is 5.63. The second kappa shape index (κ2) is 6.34. The number of likely N-dealkylation sites (N-methyl/N-ethyl adjacent to an activating group) is 1. The number of benzene rings is 1. The SMILES string of the molecule is COc1cc(F)cc2c1c(CCN(C)C)cn2-c1ncccn1. The van der Waals surface area contributed by atoms with Crippen molar-refractivity contribution in [2.24, 2.45) is 0 Å². The molecule has 0 unspecified atom stereocenters. The van der Waals surface area contributed by atoms with Gasteiger partial charge in [0.15, 0.2) is 0 Å². The molecule has 3 rings (SSSR count). The summed E-state index contributed by atoms with van der Waals surface area (Å²) >= 11 is 0. The number of methoxy groups -OCH3 is 1. The number of nitrogens with zero attached hydrogens (tertiary/aromatic N) is 4. The van der Waals surface area contributed by atoms with E-state index in [1.807, 2.05) is 24.9 Å². The number of rotatable bonds is 5. The van der Waals surface area contributed by atoms with Crippen molar-refractivity contribution >= 4 is 10.9 Å². The molecule has 5 nitrogen and oxygen atoms in total. The lowest BCUT2D eigenvalue weighted by Gasteiger charge is -2.09. The van der Waals surface area contributed by atoms with Gasteiger partial charge < -0.3 is 9.64 Å². The lowest BCUT2D eigenvalue weighted by Crippen LogP contribution is -2.14. The van der Waals surface area contributed by atoms with Crippen LogP contribution in [0.3, 0.4) is 0 Å². The van der Waals surface area contributed by atoms with E-state index in [-0.39, 0.29) is 5.82 Å². The summed E-state index contributed by atoms with van der Waals surface area (Å²) in [5.41, 5.74) is 1.79. The van der Waals surface area contributed by atoms with Gasteiger partial charge >= 0.3 is 0 Å². The molecule has 0 amide bonds. The summed E-state index contributed by atoms with van der Waals surface area (Å²) in [6, 6.07) is 4.66. The van der Waals surface area contributed by atoms with Crippen LogP contribution in [0.1, 0.15) is 5.56 Å². The molecule has 0 saturated carbocycles. The van der Waals surface area contributed by atoms with Crippen molar-refractivity contribution in [2.45, 2.75) is 6.42 Å². The molecule has 0 fully saturated rings. The first kappa shape index (κ1) is 15.4. The first-order chi connectivity index (χ1) is 11.1. The molecule has 3 aromatic rings. The number of halogens is 1. The monoisotopic (exact) mass is 314 g/mol. The van der Waals surface area contributed by atoms with Crippen LogP contribution in [-0.2, 0) is 6.42 Å². The smallest absolute Gasteiger partial charge is 0.234 e. The Hall–Kier alpha value is -2.47. The summed E-state index contributed by atoms with van der Waals surface area (Å²) in [5.74, 6) is 0.702. The van der Waals surface area contributed by atoms with Crippen LogP contribution in [-0.4, -0.2) is 47.2 Å². The first-order valence-electron chi connectivity index (χ1n) is 7.39. The molecule has 0 aliphatic heterocycles. The predicted molar refractivity (Wildman–Crippen MR) is 87.6 cm³/mol. The predicted octanol–water partition coefficient (Wildman–Crippen LogP) is 2.67. The lowest BCUT2D eigenvalue weighted by molar-refractivity contribution is 0.410. The van der Waals surface area contributed by atoms with Gasteiger partial charge in [-0.25, -0.2) is 14.4 Å². The maximum Gasteiger partial charge on any atom is 0.234 e. The Morgan fingerprint density at radius 3 is 2.61 bits per heavy atom. The number of aromatic nitrogens is 3. The van der Waals surface area contributed by atoms with Gasteiger partial charge in [-0.15, -0.1) is 0 Å². The molecule has 1 aromatic carbocycles. The molecule has 2 aromatic heterocycles. The Morgan fingerprint density at radius 1 is 1.22 bits per heavy atom. The zero-order valence-corrected chi connectivity index (χ0v) is 13.5. The number of ether oxygens (including phenoxy) is 1. The van der Waals surface area contributed by atoms with Gasteiger partial charge in [0.25, 0.3) is 0 Å². The summed E-state index contributed by atoms with van der Waals surface area (Å²) in [6.07, 6.45) is 6.13. The summed E-state index contributed by atoms with van der Waals surface area (Å²) in [6.45, 7) is 0.884. The fourth-order valence-electron chi connectivity index (χ4n) is 2.65. The van der Waals surface area contributed by atoms with Crippen LogP contribution in [0.2, 0.25) is 0 Å². The highest BCUT2D eigenvalue weighted by molar-refractivity contribution is 5.91. The van der Waals surface area contributed by atoms with E-state index in [2.05, 4.69) is 14.9 Å². The fraction of sp³-hybridized carbons (Fsp3) is 0.294. The molecule has 0 spiro atoms. The first-order valence-corrected chi connectivity index (χ1v) is 7.39. The van der Waals surface area contributed by atoms with Crippen molar-refractivity contribution < 1.29 is 9.13 Å². The van der Waals surface area contributed by atoms with Crippen molar-refractivity contribution in [1.29, 1.82) is 0 Å². The molecule has 0 radical (unpaired) electrons. The average molecular weight is 314 g/mol. The van der Waals surface area contributed by atoms with Gasteiger partial charge in [-0.1, -0.05) is 0 Å². The van der Waals surface area contributed by atoms with Crippen LogP contribution in [0.15, 0.2) is 36.8 Å². The molecule has 2 heterocycles. The molecule has 0 aliphatic rings. The standard InChI is InChI=1S/C17H19FN4O/c1-21(2)8-5-12-11-22(17-19-6-4-7-20-17)14-9-13(18)10-15(23-3)16(12)14/h4,6-7,9-11H,5,8H2,1-3H3. The topological polar surface area (TPSA) is 43.2 Å². The summed E-state index contributed by atoms with van der Waals surface area (Å²) in [7, 11) is 5.60. The van der Waals surface area contributed by atoms with Crippen LogP contribution in [0.25, 0.3) is 16.9 Å². The highest BCUT2D eigenvalue weighted by atomic mass is 19.1. The molecule has 120 valence electrons. The van der Waals surface area contributed by atoms with E-state index in [0.717, 1.165) is 23.9 Å². The van der Waals surface area contributed by atoms with Crippen LogP contribution in [0.4, 0.5) is 4.39 Å². The normalized spacial score (nSPS) is 11.3. The van der Waals surface area contributed by atoms with Crippen molar-refractivity contribution in [1.82, 2.24) is 19.4 Å². The molecule has 0 aliphatic carbocycles. The van der Waals surface area contributed by atoms with Gasteiger partial charge in [0.1, 0.15) is 11.6 Å². The highest BCUT2D eigenvalue weighted by Gasteiger charge is 2.17. The molecular formula is C17H19FN4O. The molecule has 0 N–H and O–H groups in total. The third-order valence-electron chi connectivity index (χ3n) is 3.73. The summed E-state index contributed by atoms with van der Waals surface area (Å²) in [5, 5.41) is 0.906. The molecule has 23 heavy (non-hydrogen) atoms. The van der Waals surface area contributed by atoms with Gasteiger partial charge in [0.05, 0.1) is 12.6 Å². The average Bonchev–Trinajstić information content (AvgIpc) is 2.91. The minimum atomic E-state index is -0.344. The van der Waals surface area contributed by atoms with E-state index in [0.29, 0.717) is 17.2 Å². The maximum absolute atomic E-state index is 14.0. The van der Waals surface area contributed by atoms with Gasteiger partial charge in [0.2, 0.25) is 5.95 Å². The molecular weight excluding hydrogens is 295 g/mol. The Morgan fingerprint density at radius 2 is 1.96 bits per heavy atom. The third kappa shape index (κ3) is 3.03. The maximum atomic E-state index is 14.0. The van der Waals surface area contributed by atoms with E-state index in [1.165, 1.54) is 12.1 Å². The van der Waals surface area contributed by atoms with Gasteiger partial charge in [-0.05, 0) is 38.2 Å². The second-order valence-electron chi connectivity index (χ2n) is 5.63. The number of hydrogen-bond donors (Lipinski definition) is 0. The molecule has 0 atom stereocenters. The fourth-order valence-corrected chi connectivity index (χ4v) is 2.65. The van der Waals surface area contributed by atoms with E-state index in [4.69, 9.17) is 4.74 Å². The van der Waals surface area contributed by atoms with Crippen molar-refractivity contribution in [2.75, 3.05) is 27.7 Å². The van der Waals surface area contributed by atoms with Crippen LogP contribution < -0.4 is 4.74 Å². The Kier molecular flexibility index (Phi) is 4.25. The highest BCUT2D eigenvalue weighted by Crippen LogP contribution is 2.33. The van der Waals surface area contributed by atoms with E-state index < -0.39 is 0 Å². The van der Waals surface area contributed by atoms with Crippen LogP contribution >= 0.6 is 0 Å². The van der Waals surface area contributed by atoms with E-state index >= 15 is 0 Å². The van der Waals surface area contributed by atoms with Crippen molar-refractivity contribution in [3.63, 3.8) is 0 Å². The summed E-state index contributed by atoms with van der Waals surface area (Å²) < 4.78 is 21.2.